The third-order valence-corrected chi connectivity index (χ3v) is 4.50. The second-order valence-electron chi connectivity index (χ2n) is 6.13. The molecule has 5 nitrogen and oxygen atoms in total. The lowest BCUT2D eigenvalue weighted by Gasteiger charge is -2.24. The van der Waals surface area contributed by atoms with Crippen LogP contribution >= 0.6 is 0 Å². The molecule has 0 spiro atoms. The van der Waals surface area contributed by atoms with Crippen molar-refractivity contribution in [3.05, 3.63) is 82.5 Å². The lowest BCUT2D eigenvalue weighted by Crippen LogP contribution is -2.21. The zero-order valence-corrected chi connectivity index (χ0v) is 14.0. The van der Waals surface area contributed by atoms with E-state index in [4.69, 9.17) is 10.5 Å². The van der Waals surface area contributed by atoms with Gasteiger partial charge in [0.1, 0.15) is 17.5 Å². The van der Waals surface area contributed by atoms with E-state index in [1.165, 1.54) is 6.07 Å². The highest BCUT2D eigenvalue weighted by atomic mass is 19.1. The zero-order valence-electron chi connectivity index (χ0n) is 14.0. The van der Waals surface area contributed by atoms with Gasteiger partial charge in [-0.05, 0) is 13.0 Å². The molecule has 3 N–H and O–H groups in total. The van der Waals surface area contributed by atoms with Gasteiger partial charge < -0.3 is 10.5 Å². The van der Waals surface area contributed by atoms with Crippen LogP contribution in [0.25, 0.3) is 11.3 Å². The fraction of sp³-hybridized carbons (Fsp3) is 0.100. The summed E-state index contributed by atoms with van der Waals surface area (Å²) in [6.07, 6.45) is 0. The molecule has 0 bridgehead atoms. The molecule has 2 heterocycles. The zero-order chi connectivity index (χ0) is 18.3. The van der Waals surface area contributed by atoms with Crippen LogP contribution in [0, 0.1) is 24.1 Å². The number of halogens is 1. The number of nitriles is 1. The number of nitrogens with zero attached hydrogens (tertiary/aromatic N) is 2. The summed E-state index contributed by atoms with van der Waals surface area (Å²) >= 11 is 0. The molecule has 1 aliphatic heterocycles. The topological polar surface area (TPSA) is 87.7 Å². The summed E-state index contributed by atoms with van der Waals surface area (Å²) in [5.41, 5.74) is 9.69. The van der Waals surface area contributed by atoms with Gasteiger partial charge in [0.2, 0.25) is 11.8 Å². The van der Waals surface area contributed by atoms with Crippen molar-refractivity contribution in [3.8, 4) is 23.2 Å². The fourth-order valence-corrected chi connectivity index (χ4v) is 3.21. The van der Waals surface area contributed by atoms with Crippen molar-refractivity contribution in [2.24, 2.45) is 5.73 Å². The minimum absolute atomic E-state index is 0.0600. The first kappa shape index (κ1) is 15.9. The average Bonchev–Trinajstić information content (AvgIpc) is 3.05. The van der Waals surface area contributed by atoms with Crippen LogP contribution in [0.3, 0.4) is 0 Å². The second-order valence-corrected chi connectivity index (χ2v) is 6.13. The molecule has 4 rings (SSSR count). The number of ether oxygens (including phenoxy) is 1. The van der Waals surface area contributed by atoms with Gasteiger partial charge in [-0.25, -0.2) is 4.39 Å². The summed E-state index contributed by atoms with van der Waals surface area (Å²) < 4.78 is 20.1. The van der Waals surface area contributed by atoms with Gasteiger partial charge in [0.15, 0.2) is 0 Å². The SMILES string of the molecule is Cc1ccc(-c2[nH]nc3c2[C@@H](c2ccccc2F)C(C#N)=C(N)O3)cc1. The third-order valence-electron chi connectivity index (χ3n) is 4.50. The van der Waals surface area contributed by atoms with Crippen molar-refractivity contribution in [2.75, 3.05) is 0 Å². The normalized spacial score (nSPS) is 16.0. The lowest BCUT2D eigenvalue weighted by molar-refractivity contribution is 0.378. The molecule has 0 saturated carbocycles. The number of fused-ring (bicyclic) bond motifs is 1. The third kappa shape index (κ3) is 2.42. The number of aromatic amines is 1. The molecule has 0 amide bonds. The molecule has 128 valence electrons. The average molecular weight is 346 g/mol. The Morgan fingerprint density at radius 2 is 1.92 bits per heavy atom. The van der Waals surface area contributed by atoms with Crippen molar-refractivity contribution >= 4 is 0 Å². The first-order valence-corrected chi connectivity index (χ1v) is 8.07. The van der Waals surface area contributed by atoms with Crippen molar-refractivity contribution in [2.45, 2.75) is 12.8 Å². The maximum Gasteiger partial charge on any atom is 0.244 e. The number of allylic oxidation sites excluding steroid dienone is 1. The highest BCUT2D eigenvalue weighted by molar-refractivity contribution is 5.71. The number of hydrogen-bond donors (Lipinski definition) is 2. The van der Waals surface area contributed by atoms with Gasteiger partial charge in [-0.2, -0.15) is 5.26 Å². The van der Waals surface area contributed by atoms with Gasteiger partial charge in [-0.15, -0.1) is 5.10 Å². The minimum atomic E-state index is -0.694. The summed E-state index contributed by atoms with van der Waals surface area (Å²) in [4.78, 5) is 0. The number of hydrogen-bond acceptors (Lipinski definition) is 4. The quantitative estimate of drug-likeness (QED) is 0.740. The van der Waals surface area contributed by atoms with Gasteiger partial charge in [-0.3, -0.25) is 5.10 Å². The Kier molecular flexibility index (Phi) is 3.70. The van der Waals surface area contributed by atoms with E-state index in [2.05, 4.69) is 16.3 Å². The number of rotatable bonds is 2. The predicted octanol–water partition coefficient (Wildman–Crippen LogP) is 3.74. The molecule has 26 heavy (non-hydrogen) atoms. The second kappa shape index (κ2) is 6.05. The molecule has 0 unspecified atom stereocenters. The van der Waals surface area contributed by atoms with Gasteiger partial charge in [-0.1, -0.05) is 48.0 Å². The van der Waals surface area contributed by atoms with Crippen LogP contribution in [-0.2, 0) is 0 Å². The minimum Gasteiger partial charge on any atom is -0.420 e. The molecule has 3 aromatic rings. The van der Waals surface area contributed by atoms with E-state index in [-0.39, 0.29) is 17.3 Å². The number of H-pyrrole nitrogens is 1. The van der Waals surface area contributed by atoms with E-state index in [1.807, 2.05) is 31.2 Å². The Bertz CT molecular complexity index is 1060. The monoisotopic (exact) mass is 346 g/mol. The molecule has 0 aliphatic carbocycles. The first-order chi connectivity index (χ1) is 12.6. The van der Waals surface area contributed by atoms with Crippen LogP contribution < -0.4 is 10.5 Å². The summed E-state index contributed by atoms with van der Waals surface area (Å²) in [7, 11) is 0. The van der Waals surface area contributed by atoms with Crippen LogP contribution in [0.15, 0.2) is 60.0 Å². The van der Waals surface area contributed by atoms with Gasteiger partial charge in [0.25, 0.3) is 0 Å². The van der Waals surface area contributed by atoms with Crippen LogP contribution in [0.2, 0.25) is 0 Å². The largest absolute Gasteiger partial charge is 0.420 e. The molecule has 0 radical (unpaired) electrons. The van der Waals surface area contributed by atoms with E-state index in [9.17, 15) is 9.65 Å². The van der Waals surface area contributed by atoms with E-state index in [0.29, 0.717) is 16.8 Å². The summed E-state index contributed by atoms with van der Waals surface area (Å²) in [6, 6.07) is 16.2. The first-order valence-electron chi connectivity index (χ1n) is 8.07. The molecule has 2 aromatic carbocycles. The smallest absolute Gasteiger partial charge is 0.244 e. The van der Waals surface area contributed by atoms with E-state index in [0.717, 1.165) is 11.1 Å². The molecule has 6 heteroatoms. The molecule has 0 saturated heterocycles. The fourth-order valence-electron chi connectivity index (χ4n) is 3.21. The van der Waals surface area contributed by atoms with E-state index < -0.39 is 11.7 Å². The highest BCUT2D eigenvalue weighted by Crippen LogP contribution is 2.46. The molecule has 1 atom stereocenters. The van der Waals surface area contributed by atoms with Crippen LogP contribution in [0.4, 0.5) is 4.39 Å². The molecular formula is C20H15FN4O. The Balaban J connectivity index is 1.97. The predicted molar refractivity (Wildman–Crippen MR) is 94.5 cm³/mol. The summed E-state index contributed by atoms with van der Waals surface area (Å²) in [5.74, 6) is -0.914. The Labute approximate surface area is 149 Å². The van der Waals surface area contributed by atoms with Crippen LogP contribution in [0.5, 0.6) is 5.88 Å². The van der Waals surface area contributed by atoms with Crippen molar-refractivity contribution < 1.29 is 9.13 Å². The number of aryl methyl sites for hydroxylation is 1. The van der Waals surface area contributed by atoms with E-state index in [1.54, 1.807) is 18.2 Å². The molecule has 1 aromatic heterocycles. The Morgan fingerprint density at radius 3 is 2.62 bits per heavy atom. The molecular weight excluding hydrogens is 331 g/mol. The van der Waals surface area contributed by atoms with Crippen molar-refractivity contribution in [3.63, 3.8) is 0 Å². The van der Waals surface area contributed by atoms with Crippen LogP contribution in [-0.4, -0.2) is 10.2 Å². The van der Waals surface area contributed by atoms with Gasteiger partial charge in [0, 0.05) is 11.1 Å². The number of benzene rings is 2. The number of nitrogens with one attached hydrogen (secondary N) is 1. The lowest BCUT2D eigenvalue weighted by atomic mass is 9.82. The standard InChI is InChI=1S/C20H15FN4O/c1-11-6-8-12(9-7-11)18-17-16(13-4-2-3-5-15(13)21)14(10-22)19(23)26-20(17)25-24-18/h2-9,16H,23H2,1H3,(H,24,25)/t16-/m0/s1. The Morgan fingerprint density at radius 1 is 1.19 bits per heavy atom. The summed E-state index contributed by atoms with van der Waals surface area (Å²) in [6.45, 7) is 1.99. The van der Waals surface area contributed by atoms with E-state index >= 15 is 0 Å². The van der Waals surface area contributed by atoms with Crippen LogP contribution in [0.1, 0.15) is 22.6 Å². The van der Waals surface area contributed by atoms with Gasteiger partial charge >= 0.3 is 0 Å². The molecule has 1 aliphatic rings. The van der Waals surface area contributed by atoms with Crippen molar-refractivity contribution in [1.29, 1.82) is 5.26 Å². The number of aromatic nitrogens is 2. The molecule has 0 fully saturated rings. The van der Waals surface area contributed by atoms with Gasteiger partial charge in [0.05, 0.1) is 17.2 Å². The maximum atomic E-state index is 14.6. The summed E-state index contributed by atoms with van der Waals surface area (Å²) in [5, 5.41) is 16.8. The van der Waals surface area contributed by atoms with Crippen molar-refractivity contribution in [1.82, 2.24) is 10.2 Å². The number of nitrogens with two attached hydrogens (primary N) is 1. The maximum absolute atomic E-state index is 14.6. The Hall–Kier alpha value is -3.59. The highest BCUT2D eigenvalue weighted by Gasteiger charge is 2.36.